The van der Waals surface area contributed by atoms with E-state index in [4.69, 9.17) is 4.74 Å². The molecule has 1 aromatic rings. The summed E-state index contributed by atoms with van der Waals surface area (Å²) < 4.78 is 5.40. The van der Waals surface area contributed by atoms with E-state index in [1.807, 2.05) is 12.1 Å². The Morgan fingerprint density at radius 2 is 2.14 bits per heavy atom. The van der Waals surface area contributed by atoms with Crippen molar-refractivity contribution in [3.05, 3.63) is 23.3 Å². The Morgan fingerprint density at radius 3 is 2.71 bits per heavy atom. The highest BCUT2D eigenvalue weighted by molar-refractivity contribution is 5.82. The van der Waals surface area contributed by atoms with Gasteiger partial charge in [-0.05, 0) is 44.2 Å². The third-order valence-electron chi connectivity index (χ3n) is 4.60. The first-order valence-electron chi connectivity index (χ1n) is 7.89. The molecule has 1 aromatic carbocycles. The van der Waals surface area contributed by atoms with Crippen molar-refractivity contribution in [2.45, 2.75) is 58.4 Å². The third-order valence-corrected chi connectivity index (χ3v) is 4.60. The molecular weight excluding hydrogens is 262 g/mol. The van der Waals surface area contributed by atoms with Crippen LogP contribution in [0.3, 0.4) is 0 Å². The number of benzene rings is 1. The normalized spacial score (nSPS) is 20.0. The maximum Gasteiger partial charge on any atom is 0.153 e. The topological polar surface area (TPSA) is 29.5 Å². The molecule has 1 atom stereocenters. The van der Waals surface area contributed by atoms with E-state index in [0.717, 1.165) is 19.3 Å². The summed E-state index contributed by atoms with van der Waals surface area (Å²) in [4.78, 5) is 13.8. The number of aldehydes is 1. The van der Waals surface area contributed by atoms with Gasteiger partial charge in [-0.1, -0.05) is 20.3 Å². The van der Waals surface area contributed by atoms with Crippen molar-refractivity contribution in [2.24, 2.45) is 0 Å². The Morgan fingerprint density at radius 1 is 1.43 bits per heavy atom. The van der Waals surface area contributed by atoms with Crippen molar-refractivity contribution in [1.82, 2.24) is 0 Å². The van der Waals surface area contributed by atoms with Crippen molar-refractivity contribution >= 4 is 12.0 Å². The molecule has 0 aliphatic carbocycles. The number of anilines is 1. The number of nitrogens with zero attached hydrogens (tertiary/aromatic N) is 1. The maximum atomic E-state index is 11.3. The first-order chi connectivity index (χ1) is 9.94. The van der Waals surface area contributed by atoms with Crippen LogP contribution in [-0.2, 0) is 0 Å². The van der Waals surface area contributed by atoms with Crippen molar-refractivity contribution in [1.29, 1.82) is 0 Å². The van der Waals surface area contributed by atoms with Crippen LogP contribution in [-0.4, -0.2) is 25.5 Å². The summed E-state index contributed by atoms with van der Waals surface area (Å²) in [7, 11) is 1.63. The van der Waals surface area contributed by atoms with Crippen LogP contribution in [0.4, 0.5) is 5.69 Å². The lowest BCUT2D eigenvalue weighted by atomic mass is 9.79. The third kappa shape index (κ3) is 2.92. The van der Waals surface area contributed by atoms with Gasteiger partial charge in [0, 0.05) is 23.8 Å². The predicted molar refractivity (Wildman–Crippen MR) is 87.7 cm³/mol. The lowest BCUT2D eigenvalue weighted by Gasteiger charge is -2.48. The van der Waals surface area contributed by atoms with E-state index in [1.54, 1.807) is 7.11 Å². The first-order valence-corrected chi connectivity index (χ1v) is 7.89. The first kappa shape index (κ1) is 15.9. The fourth-order valence-electron chi connectivity index (χ4n) is 3.54. The smallest absolute Gasteiger partial charge is 0.153 e. The molecule has 0 saturated heterocycles. The van der Waals surface area contributed by atoms with Crippen LogP contribution in [0.2, 0.25) is 0 Å². The maximum absolute atomic E-state index is 11.3. The minimum absolute atomic E-state index is 0.134. The second-order valence-corrected chi connectivity index (χ2v) is 6.69. The number of carbonyl (C=O) groups excluding carboxylic acids is 1. The molecule has 3 heteroatoms. The second kappa shape index (κ2) is 6.08. The standard InChI is InChI=1S/C18H27NO2/c1-6-7-8-19-16-10-17(21-5)14(12-20)9-15(16)13(2)11-18(19,3)4/h9-10,12-13H,6-8,11H2,1-5H3. The number of rotatable bonds is 5. The largest absolute Gasteiger partial charge is 0.496 e. The van der Waals surface area contributed by atoms with Gasteiger partial charge >= 0.3 is 0 Å². The summed E-state index contributed by atoms with van der Waals surface area (Å²) >= 11 is 0. The quantitative estimate of drug-likeness (QED) is 0.752. The van der Waals surface area contributed by atoms with Gasteiger partial charge in [0.15, 0.2) is 6.29 Å². The van der Waals surface area contributed by atoms with Crippen LogP contribution < -0.4 is 9.64 Å². The van der Waals surface area contributed by atoms with E-state index in [0.29, 0.717) is 17.2 Å². The molecule has 0 bridgehead atoms. The number of ether oxygens (including phenoxy) is 1. The van der Waals surface area contributed by atoms with Crippen LogP contribution >= 0.6 is 0 Å². The lowest BCUT2D eigenvalue weighted by Crippen LogP contribution is -2.48. The van der Waals surface area contributed by atoms with Crippen LogP contribution in [0.5, 0.6) is 5.75 Å². The number of fused-ring (bicyclic) bond motifs is 1. The molecule has 0 fully saturated rings. The highest BCUT2D eigenvalue weighted by Gasteiger charge is 2.36. The van der Waals surface area contributed by atoms with Gasteiger partial charge in [0.25, 0.3) is 0 Å². The van der Waals surface area contributed by atoms with Gasteiger partial charge in [-0.3, -0.25) is 4.79 Å². The lowest BCUT2D eigenvalue weighted by molar-refractivity contribution is 0.112. The fourth-order valence-corrected chi connectivity index (χ4v) is 3.54. The van der Waals surface area contributed by atoms with Gasteiger partial charge < -0.3 is 9.64 Å². The number of hydrogen-bond acceptors (Lipinski definition) is 3. The molecule has 1 aliphatic rings. The molecule has 1 unspecified atom stereocenters. The summed E-state index contributed by atoms with van der Waals surface area (Å²) in [5.41, 5.74) is 3.29. The molecule has 1 aliphatic heterocycles. The molecule has 0 saturated carbocycles. The summed E-state index contributed by atoms with van der Waals surface area (Å²) in [6.45, 7) is 10.1. The Bertz CT molecular complexity index is 522. The number of unbranched alkanes of at least 4 members (excludes halogenated alkanes) is 1. The Labute approximate surface area is 128 Å². The second-order valence-electron chi connectivity index (χ2n) is 6.69. The molecule has 116 valence electrons. The molecule has 1 heterocycles. The Balaban J connectivity index is 2.54. The van der Waals surface area contributed by atoms with Crippen LogP contribution in [0.15, 0.2) is 12.1 Å². The van der Waals surface area contributed by atoms with Crippen molar-refractivity contribution in [2.75, 3.05) is 18.6 Å². The van der Waals surface area contributed by atoms with Gasteiger partial charge in [-0.15, -0.1) is 0 Å². The van der Waals surface area contributed by atoms with Gasteiger partial charge in [-0.2, -0.15) is 0 Å². The van der Waals surface area contributed by atoms with Crippen molar-refractivity contribution < 1.29 is 9.53 Å². The minimum Gasteiger partial charge on any atom is -0.496 e. The molecule has 2 rings (SSSR count). The van der Waals surface area contributed by atoms with Crippen molar-refractivity contribution in [3.63, 3.8) is 0 Å². The number of methoxy groups -OCH3 is 1. The average Bonchev–Trinajstić information content (AvgIpc) is 2.45. The van der Waals surface area contributed by atoms with Crippen LogP contribution in [0.1, 0.15) is 68.8 Å². The van der Waals surface area contributed by atoms with E-state index >= 15 is 0 Å². The molecule has 0 amide bonds. The molecule has 3 nitrogen and oxygen atoms in total. The van der Waals surface area contributed by atoms with Gasteiger partial charge in [0.1, 0.15) is 5.75 Å². The zero-order chi connectivity index (χ0) is 15.6. The van der Waals surface area contributed by atoms with E-state index in [1.165, 1.54) is 24.1 Å². The molecule has 21 heavy (non-hydrogen) atoms. The number of carbonyl (C=O) groups is 1. The molecular formula is C18H27NO2. The van der Waals surface area contributed by atoms with E-state index in [9.17, 15) is 4.79 Å². The highest BCUT2D eigenvalue weighted by Crippen LogP contribution is 2.45. The van der Waals surface area contributed by atoms with E-state index < -0.39 is 0 Å². The average molecular weight is 289 g/mol. The van der Waals surface area contributed by atoms with Gasteiger partial charge in [0.05, 0.1) is 12.7 Å². The van der Waals surface area contributed by atoms with Gasteiger partial charge in [-0.25, -0.2) is 0 Å². The van der Waals surface area contributed by atoms with Gasteiger partial charge in [0.2, 0.25) is 0 Å². The van der Waals surface area contributed by atoms with E-state index in [2.05, 4.69) is 32.6 Å². The molecule has 0 radical (unpaired) electrons. The zero-order valence-electron chi connectivity index (χ0n) is 13.9. The van der Waals surface area contributed by atoms with E-state index in [-0.39, 0.29) is 5.54 Å². The molecule has 0 spiro atoms. The fraction of sp³-hybridized carbons (Fsp3) is 0.611. The summed E-state index contributed by atoms with van der Waals surface area (Å²) in [5.74, 6) is 1.13. The molecule has 0 aromatic heterocycles. The SMILES string of the molecule is CCCCN1c2cc(OC)c(C=O)cc2C(C)CC1(C)C. The number of hydrogen-bond donors (Lipinski definition) is 0. The molecule has 0 N–H and O–H groups in total. The summed E-state index contributed by atoms with van der Waals surface area (Å²) in [6.07, 6.45) is 4.35. The van der Waals surface area contributed by atoms with Crippen LogP contribution in [0.25, 0.3) is 0 Å². The van der Waals surface area contributed by atoms with Crippen molar-refractivity contribution in [3.8, 4) is 5.75 Å². The highest BCUT2D eigenvalue weighted by atomic mass is 16.5. The summed E-state index contributed by atoms with van der Waals surface area (Å²) in [5, 5.41) is 0. The Hall–Kier alpha value is -1.51. The minimum atomic E-state index is 0.134. The predicted octanol–water partition coefficient (Wildman–Crippen LogP) is 4.40. The Kier molecular flexibility index (Phi) is 4.60. The van der Waals surface area contributed by atoms with Crippen LogP contribution in [0, 0.1) is 0 Å². The summed E-state index contributed by atoms with van der Waals surface area (Å²) in [6, 6.07) is 4.06. The monoisotopic (exact) mass is 289 g/mol. The zero-order valence-corrected chi connectivity index (χ0v) is 13.9.